The van der Waals surface area contributed by atoms with Gasteiger partial charge in [0.25, 0.3) is 0 Å². The van der Waals surface area contributed by atoms with Gasteiger partial charge in [-0.2, -0.15) is 0 Å². The molecule has 0 atom stereocenters. The van der Waals surface area contributed by atoms with E-state index in [2.05, 4.69) is 78.2 Å². The van der Waals surface area contributed by atoms with Crippen LogP contribution >= 0.6 is 0 Å². The average molecular weight is 274 g/mol. The van der Waals surface area contributed by atoms with Crippen LogP contribution in [0.5, 0.6) is 0 Å². The number of rotatable bonds is 2. The van der Waals surface area contributed by atoms with Crippen molar-refractivity contribution in [2.45, 2.75) is 19.5 Å². The van der Waals surface area contributed by atoms with Crippen LogP contribution in [0.15, 0.2) is 60.7 Å². The Morgan fingerprint density at radius 2 is 1.43 bits per heavy atom. The first-order valence-electron chi connectivity index (χ1n) is 7.49. The van der Waals surface area contributed by atoms with Crippen molar-refractivity contribution in [1.29, 1.82) is 0 Å². The van der Waals surface area contributed by atoms with Crippen molar-refractivity contribution in [2.75, 3.05) is 10.6 Å². The third-order valence-corrected chi connectivity index (χ3v) is 4.23. The Morgan fingerprint density at radius 3 is 2.00 bits per heavy atom. The fourth-order valence-corrected chi connectivity index (χ4v) is 3.04. The smallest absolute Gasteiger partial charge is 0.123 e. The standard InChI is InChI=1S/C19H18N2/c1-2-13-9-11-15(12-10-13)19-20-16-7-3-5-14-6-4-8-17(21-19)18(14)16/h3-12,19-21H,2H2,1H3. The minimum absolute atomic E-state index is 0.122. The molecule has 104 valence electrons. The van der Waals surface area contributed by atoms with E-state index >= 15 is 0 Å². The van der Waals surface area contributed by atoms with Crippen LogP contribution in [0.3, 0.4) is 0 Å². The van der Waals surface area contributed by atoms with E-state index in [-0.39, 0.29) is 6.17 Å². The van der Waals surface area contributed by atoms with Crippen LogP contribution in [-0.4, -0.2) is 0 Å². The average Bonchev–Trinajstić information content (AvgIpc) is 2.55. The minimum Gasteiger partial charge on any atom is -0.361 e. The van der Waals surface area contributed by atoms with Crippen molar-refractivity contribution in [3.05, 3.63) is 71.8 Å². The first kappa shape index (κ1) is 12.3. The number of anilines is 2. The van der Waals surface area contributed by atoms with E-state index < -0.39 is 0 Å². The Bertz CT molecular complexity index is 750. The van der Waals surface area contributed by atoms with Crippen LogP contribution < -0.4 is 10.6 Å². The van der Waals surface area contributed by atoms with Crippen LogP contribution in [-0.2, 0) is 6.42 Å². The van der Waals surface area contributed by atoms with Gasteiger partial charge in [0, 0.05) is 16.8 Å². The zero-order valence-electron chi connectivity index (χ0n) is 12.1. The molecule has 3 aromatic carbocycles. The van der Waals surface area contributed by atoms with Gasteiger partial charge in [-0.15, -0.1) is 0 Å². The van der Waals surface area contributed by atoms with Crippen LogP contribution in [0.2, 0.25) is 0 Å². The molecule has 0 spiro atoms. The molecule has 0 unspecified atom stereocenters. The van der Waals surface area contributed by atoms with Gasteiger partial charge in [-0.25, -0.2) is 0 Å². The molecule has 0 aromatic heterocycles. The van der Waals surface area contributed by atoms with Crippen molar-refractivity contribution in [3.8, 4) is 0 Å². The summed E-state index contributed by atoms with van der Waals surface area (Å²) in [5.41, 5.74) is 5.04. The quantitative estimate of drug-likeness (QED) is 0.691. The molecule has 0 saturated heterocycles. The van der Waals surface area contributed by atoms with E-state index in [9.17, 15) is 0 Å². The Balaban J connectivity index is 1.75. The zero-order valence-corrected chi connectivity index (χ0v) is 12.1. The van der Waals surface area contributed by atoms with Gasteiger partial charge >= 0.3 is 0 Å². The lowest BCUT2D eigenvalue weighted by molar-refractivity contribution is 0.895. The van der Waals surface area contributed by atoms with E-state index in [1.807, 2.05) is 0 Å². The van der Waals surface area contributed by atoms with Crippen LogP contribution in [0, 0.1) is 0 Å². The number of nitrogens with one attached hydrogen (secondary N) is 2. The predicted octanol–water partition coefficient (Wildman–Crippen LogP) is 4.94. The van der Waals surface area contributed by atoms with E-state index in [0.29, 0.717) is 0 Å². The summed E-state index contributed by atoms with van der Waals surface area (Å²) in [6.45, 7) is 2.18. The molecule has 2 nitrogen and oxygen atoms in total. The monoisotopic (exact) mass is 274 g/mol. The summed E-state index contributed by atoms with van der Waals surface area (Å²) in [5, 5.41) is 9.76. The summed E-state index contributed by atoms with van der Waals surface area (Å²) in [4.78, 5) is 0. The minimum atomic E-state index is 0.122. The summed E-state index contributed by atoms with van der Waals surface area (Å²) in [5.74, 6) is 0. The molecule has 2 heteroatoms. The lowest BCUT2D eigenvalue weighted by Crippen LogP contribution is -2.23. The maximum absolute atomic E-state index is 3.60. The molecule has 3 aromatic rings. The van der Waals surface area contributed by atoms with E-state index in [1.165, 1.54) is 33.3 Å². The lowest BCUT2D eigenvalue weighted by atomic mass is 10.0. The predicted molar refractivity (Wildman–Crippen MR) is 89.8 cm³/mol. The summed E-state index contributed by atoms with van der Waals surface area (Å²) >= 11 is 0. The molecule has 1 aliphatic heterocycles. The highest BCUT2D eigenvalue weighted by Gasteiger charge is 2.19. The van der Waals surface area contributed by atoms with Crippen molar-refractivity contribution in [1.82, 2.24) is 0 Å². The highest BCUT2D eigenvalue weighted by molar-refractivity contribution is 6.04. The maximum Gasteiger partial charge on any atom is 0.123 e. The van der Waals surface area contributed by atoms with E-state index in [1.54, 1.807) is 0 Å². The number of hydrogen-bond acceptors (Lipinski definition) is 2. The van der Waals surface area contributed by atoms with Gasteiger partial charge in [-0.3, -0.25) is 0 Å². The number of hydrogen-bond donors (Lipinski definition) is 2. The first-order valence-corrected chi connectivity index (χ1v) is 7.49. The second-order valence-electron chi connectivity index (χ2n) is 5.53. The van der Waals surface area contributed by atoms with Gasteiger partial charge in [0.05, 0.1) is 0 Å². The summed E-state index contributed by atoms with van der Waals surface area (Å²) in [6.07, 6.45) is 1.20. The van der Waals surface area contributed by atoms with Gasteiger partial charge in [0.1, 0.15) is 6.17 Å². The molecule has 21 heavy (non-hydrogen) atoms. The molecule has 0 fully saturated rings. The molecular weight excluding hydrogens is 256 g/mol. The summed E-state index contributed by atoms with van der Waals surface area (Å²) < 4.78 is 0. The fourth-order valence-electron chi connectivity index (χ4n) is 3.04. The number of aryl methyl sites for hydroxylation is 1. The molecular formula is C19H18N2. The molecule has 1 aliphatic rings. The Labute approximate surface area is 124 Å². The van der Waals surface area contributed by atoms with Gasteiger partial charge in [-0.05, 0) is 35.1 Å². The largest absolute Gasteiger partial charge is 0.361 e. The van der Waals surface area contributed by atoms with Gasteiger partial charge < -0.3 is 10.6 Å². The topological polar surface area (TPSA) is 24.1 Å². The Kier molecular flexibility index (Phi) is 2.81. The van der Waals surface area contributed by atoms with Crippen molar-refractivity contribution in [2.24, 2.45) is 0 Å². The third-order valence-electron chi connectivity index (χ3n) is 4.23. The van der Waals surface area contributed by atoms with Crippen LogP contribution in [0.1, 0.15) is 24.2 Å². The molecule has 0 amide bonds. The van der Waals surface area contributed by atoms with Crippen LogP contribution in [0.25, 0.3) is 10.8 Å². The van der Waals surface area contributed by atoms with Crippen molar-refractivity contribution >= 4 is 22.1 Å². The molecule has 0 saturated carbocycles. The molecule has 1 heterocycles. The molecule has 0 bridgehead atoms. The molecule has 0 radical (unpaired) electrons. The molecule has 0 aliphatic carbocycles. The van der Waals surface area contributed by atoms with E-state index in [4.69, 9.17) is 0 Å². The SMILES string of the molecule is CCc1ccc(C2Nc3cccc4cccc(c34)N2)cc1. The lowest BCUT2D eigenvalue weighted by Gasteiger charge is -2.29. The Morgan fingerprint density at radius 1 is 0.810 bits per heavy atom. The zero-order chi connectivity index (χ0) is 14.2. The highest BCUT2D eigenvalue weighted by Crippen LogP contribution is 2.38. The second-order valence-corrected chi connectivity index (χ2v) is 5.53. The van der Waals surface area contributed by atoms with Gasteiger partial charge in [0.15, 0.2) is 0 Å². The van der Waals surface area contributed by atoms with Gasteiger partial charge in [-0.1, -0.05) is 55.5 Å². The van der Waals surface area contributed by atoms with Crippen LogP contribution in [0.4, 0.5) is 11.4 Å². The number of benzene rings is 3. The van der Waals surface area contributed by atoms with Gasteiger partial charge in [0.2, 0.25) is 0 Å². The van der Waals surface area contributed by atoms with Crippen molar-refractivity contribution in [3.63, 3.8) is 0 Å². The second kappa shape index (κ2) is 4.81. The molecule has 2 N–H and O–H groups in total. The normalized spacial score (nSPS) is 13.8. The first-order chi connectivity index (χ1) is 10.3. The van der Waals surface area contributed by atoms with E-state index in [0.717, 1.165) is 6.42 Å². The molecule has 4 rings (SSSR count). The summed E-state index contributed by atoms with van der Waals surface area (Å²) in [6, 6.07) is 21.7. The Hall–Kier alpha value is -2.48. The fraction of sp³-hybridized carbons (Fsp3) is 0.158. The van der Waals surface area contributed by atoms with Crippen molar-refractivity contribution < 1.29 is 0 Å². The summed E-state index contributed by atoms with van der Waals surface area (Å²) in [7, 11) is 0. The maximum atomic E-state index is 3.60. The highest BCUT2D eigenvalue weighted by atomic mass is 15.1. The third kappa shape index (κ3) is 2.04.